The number of H-pyrrole nitrogens is 2. The van der Waals surface area contributed by atoms with Crippen molar-refractivity contribution in [3.8, 4) is 11.4 Å². The first-order chi connectivity index (χ1) is 10.2. The molecule has 3 aromatic heterocycles. The van der Waals surface area contributed by atoms with Crippen LogP contribution < -0.4 is 11.3 Å². The molecular formula is C14H10N6O. The molecule has 7 heteroatoms. The summed E-state index contributed by atoms with van der Waals surface area (Å²) in [4.78, 5) is 30.0. The molecule has 0 saturated carbocycles. The number of hydrogen-bond acceptors (Lipinski definition) is 5. The largest absolute Gasteiger partial charge is 0.369 e. The van der Waals surface area contributed by atoms with Crippen LogP contribution in [0.15, 0.2) is 41.3 Å². The Hall–Kier alpha value is -3.22. The Balaban J connectivity index is 2.05. The number of nitrogen functional groups attached to an aromatic ring is 1. The summed E-state index contributed by atoms with van der Waals surface area (Å²) in [5.41, 5.74) is 7.51. The van der Waals surface area contributed by atoms with Gasteiger partial charge in [-0.05, 0) is 12.1 Å². The van der Waals surface area contributed by atoms with Gasteiger partial charge in [0.05, 0.1) is 5.52 Å². The highest BCUT2D eigenvalue weighted by molar-refractivity contribution is 5.93. The van der Waals surface area contributed by atoms with Crippen LogP contribution in [0.4, 0.5) is 5.95 Å². The number of imidazole rings is 1. The van der Waals surface area contributed by atoms with Crippen molar-refractivity contribution in [3.63, 3.8) is 0 Å². The van der Waals surface area contributed by atoms with Crippen LogP contribution in [0, 0.1) is 0 Å². The molecular weight excluding hydrogens is 268 g/mol. The number of rotatable bonds is 1. The van der Waals surface area contributed by atoms with Gasteiger partial charge in [-0.1, -0.05) is 18.2 Å². The minimum Gasteiger partial charge on any atom is -0.369 e. The second kappa shape index (κ2) is 4.14. The lowest BCUT2D eigenvalue weighted by atomic mass is 10.1. The predicted molar refractivity (Wildman–Crippen MR) is 79.7 cm³/mol. The van der Waals surface area contributed by atoms with E-state index in [-0.39, 0.29) is 11.5 Å². The Morgan fingerprint density at radius 3 is 2.81 bits per heavy atom. The van der Waals surface area contributed by atoms with E-state index in [1.54, 1.807) is 6.20 Å². The van der Waals surface area contributed by atoms with Gasteiger partial charge in [-0.15, -0.1) is 0 Å². The van der Waals surface area contributed by atoms with Gasteiger partial charge in [0.25, 0.3) is 5.56 Å². The maximum atomic E-state index is 11.8. The summed E-state index contributed by atoms with van der Waals surface area (Å²) in [6, 6.07) is 9.57. The molecule has 0 atom stereocenters. The van der Waals surface area contributed by atoms with E-state index in [2.05, 4.69) is 24.9 Å². The molecule has 21 heavy (non-hydrogen) atoms. The minimum absolute atomic E-state index is 0.0464. The smallest absolute Gasteiger partial charge is 0.278 e. The molecule has 3 heterocycles. The van der Waals surface area contributed by atoms with Crippen molar-refractivity contribution in [3.05, 3.63) is 46.9 Å². The lowest BCUT2D eigenvalue weighted by Crippen LogP contribution is -2.10. The number of nitrogens with zero attached hydrogens (tertiary/aromatic N) is 3. The monoisotopic (exact) mass is 278 g/mol. The molecule has 4 rings (SSSR count). The SMILES string of the molecule is Nc1nc2nc(-c3ccnc4ccccc34)[nH]c2c(=O)[nH]1. The van der Waals surface area contributed by atoms with E-state index < -0.39 is 0 Å². The van der Waals surface area contributed by atoms with E-state index in [0.717, 1.165) is 16.5 Å². The highest BCUT2D eigenvalue weighted by Crippen LogP contribution is 2.25. The predicted octanol–water partition coefficient (Wildman–Crippen LogP) is 1.44. The first-order valence-electron chi connectivity index (χ1n) is 6.32. The number of nitrogens with two attached hydrogens (primary N) is 1. The topological polar surface area (TPSA) is 113 Å². The number of aromatic nitrogens is 5. The molecule has 0 aliphatic carbocycles. The van der Waals surface area contributed by atoms with Crippen LogP contribution in [-0.4, -0.2) is 24.9 Å². The molecule has 0 amide bonds. The van der Waals surface area contributed by atoms with Gasteiger partial charge >= 0.3 is 0 Å². The quantitative estimate of drug-likeness (QED) is 0.487. The van der Waals surface area contributed by atoms with E-state index in [9.17, 15) is 4.79 Å². The zero-order chi connectivity index (χ0) is 14.4. The van der Waals surface area contributed by atoms with Crippen molar-refractivity contribution in [1.29, 1.82) is 0 Å². The fraction of sp³-hybridized carbons (Fsp3) is 0. The standard InChI is InChI=1S/C14H10N6O/c15-14-19-12-10(13(21)20-14)17-11(18-12)8-5-6-16-9-4-2-1-3-7(8)9/h1-6H,(H4,15,17,18,19,20,21). The van der Waals surface area contributed by atoms with Gasteiger partial charge in [0, 0.05) is 17.1 Å². The van der Waals surface area contributed by atoms with Gasteiger partial charge in [0.15, 0.2) is 11.2 Å². The third kappa shape index (κ3) is 1.75. The Morgan fingerprint density at radius 2 is 1.90 bits per heavy atom. The summed E-state index contributed by atoms with van der Waals surface area (Å²) in [6.07, 6.45) is 1.71. The highest BCUT2D eigenvalue weighted by atomic mass is 16.1. The van der Waals surface area contributed by atoms with Gasteiger partial charge in [-0.25, -0.2) is 4.98 Å². The van der Waals surface area contributed by atoms with Gasteiger partial charge in [-0.3, -0.25) is 14.8 Å². The van der Waals surface area contributed by atoms with E-state index in [1.165, 1.54) is 0 Å². The fourth-order valence-corrected chi connectivity index (χ4v) is 2.35. The molecule has 102 valence electrons. The Bertz CT molecular complexity index is 1030. The van der Waals surface area contributed by atoms with Crippen molar-refractivity contribution >= 4 is 28.0 Å². The first kappa shape index (κ1) is 11.6. The van der Waals surface area contributed by atoms with Gasteiger partial charge in [-0.2, -0.15) is 4.98 Å². The summed E-state index contributed by atoms with van der Waals surface area (Å²) in [7, 11) is 0. The third-order valence-corrected chi connectivity index (χ3v) is 3.28. The van der Waals surface area contributed by atoms with E-state index in [4.69, 9.17) is 5.73 Å². The number of fused-ring (bicyclic) bond motifs is 2. The number of aromatic amines is 2. The Morgan fingerprint density at radius 1 is 1.05 bits per heavy atom. The van der Waals surface area contributed by atoms with Crippen LogP contribution in [0.3, 0.4) is 0 Å². The second-order valence-corrected chi connectivity index (χ2v) is 4.61. The van der Waals surface area contributed by atoms with Crippen molar-refractivity contribution in [1.82, 2.24) is 24.9 Å². The first-order valence-corrected chi connectivity index (χ1v) is 6.32. The number of pyridine rings is 1. The van der Waals surface area contributed by atoms with Crippen LogP contribution in [0.5, 0.6) is 0 Å². The molecule has 0 aliphatic heterocycles. The average molecular weight is 278 g/mol. The van der Waals surface area contributed by atoms with Gasteiger partial charge in [0.1, 0.15) is 5.82 Å². The molecule has 4 aromatic rings. The summed E-state index contributed by atoms with van der Waals surface area (Å²) in [5, 5.41) is 0.948. The zero-order valence-corrected chi connectivity index (χ0v) is 10.8. The lowest BCUT2D eigenvalue weighted by molar-refractivity contribution is 1.17. The molecule has 0 aliphatic rings. The molecule has 0 unspecified atom stereocenters. The molecule has 7 nitrogen and oxygen atoms in total. The number of nitrogens with one attached hydrogen (secondary N) is 2. The third-order valence-electron chi connectivity index (χ3n) is 3.28. The summed E-state index contributed by atoms with van der Waals surface area (Å²) in [5.74, 6) is 0.609. The van der Waals surface area contributed by atoms with Crippen LogP contribution in [0.2, 0.25) is 0 Å². The molecule has 0 bridgehead atoms. The van der Waals surface area contributed by atoms with E-state index in [1.807, 2.05) is 30.3 Å². The Labute approximate surface area is 117 Å². The van der Waals surface area contributed by atoms with Crippen LogP contribution in [0.25, 0.3) is 33.5 Å². The van der Waals surface area contributed by atoms with E-state index in [0.29, 0.717) is 17.0 Å². The van der Waals surface area contributed by atoms with E-state index >= 15 is 0 Å². The highest BCUT2D eigenvalue weighted by Gasteiger charge is 2.12. The molecule has 0 radical (unpaired) electrons. The maximum absolute atomic E-state index is 11.8. The molecule has 4 N–H and O–H groups in total. The fourth-order valence-electron chi connectivity index (χ4n) is 2.35. The average Bonchev–Trinajstić information content (AvgIpc) is 2.90. The molecule has 1 aromatic carbocycles. The second-order valence-electron chi connectivity index (χ2n) is 4.61. The summed E-state index contributed by atoms with van der Waals surface area (Å²) < 4.78 is 0. The van der Waals surface area contributed by atoms with Crippen LogP contribution >= 0.6 is 0 Å². The Kier molecular flexibility index (Phi) is 2.28. The van der Waals surface area contributed by atoms with Crippen molar-refractivity contribution in [2.24, 2.45) is 0 Å². The zero-order valence-electron chi connectivity index (χ0n) is 10.8. The number of anilines is 1. The number of hydrogen-bond donors (Lipinski definition) is 3. The van der Waals surface area contributed by atoms with Crippen LogP contribution in [-0.2, 0) is 0 Å². The van der Waals surface area contributed by atoms with Crippen LogP contribution in [0.1, 0.15) is 0 Å². The summed E-state index contributed by atoms with van der Waals surface area (Å²) in [6.45, 7) is 0. The van der Waals surface area contributed by atoms with Crippen molar-refractivity contribution < 1.29 is 0 Å². The van der Waals surface area contributed by atoms with Gasteiger partial charge in [0.2, 0.25) is 5.95 Å². The van der Waals surface area contributed by atoms with Gasteiger partial charge < -0.3 is 10.7 Å². The molecule has 0 fully saturated rings. The normalized spacial score (nSPS) is 11.2. The minimum atomic E-state index is -0.338. The number of benzene rings is 1. The number of para-hydroxylation sites is 1. The van der Waals surface area contributed by atoms with Crippen molar-refractivity contribution in [2.75, 3.05) is 5.73 Å². The van der Waals surface area contributed by atoms with Crippen molar-refractivity contribution in [2.45, 2.75) is 0 Å². The lowest BCUT2D eigenvalue weighted by Gasteiger charge is -2.02. The maximum Gasteiger partial charge on any atom is 0.278 e. The molecule has 0 spiro atoms. The molecule has 0 saturated heterocycles. The summed E-state index contributed by atoms with van der Waals surface area (Å²) >= 11 is 0.